The third kappa shape index (κ3) is 2.92. The maximum atomic E-state index is 11.6. The molecule has 1 unspecified atom stereocenters. The van der Waals surface area contributed by atoms with E-state index in [9.17, 15) is 9.90 Å². The van der Waals surface area contributed by atoms with Crippen molar-refractivity contribution >= 4 is 5.91 Å². The monoisotopic (exact) mass is 212 g/mol. The molecule has 15 heavy (non-hydrogen) atoms. The number of piperidine rings is 1. The number of rotatable bonds is 4. The van der Waals surface area contributed by atoms with Crippen molar-refractivity contribution < 1.29 is 9.90 Å². The van der Waals surface area contributed by atoms with Crippen molar-refractivity contribution in [3.05, 3.63) is 0 Å². The summed E-state index contributed by atoms with van der Waals surface area (Å²) in [6, 6.07) is -0.0276. The van der Waals surface area contributed by atoms with Crippen LogP contribution in [-0.4, -0.2) is 36.8 Å². The normalized spacial score (nSPS) is 24.9. The van der Waals surface area contributed by atoms with Gasteiger partial charge in [0.05, 0.1) is 12.6 Å². The van der Waals surface area contributed by atoms with E-state index in [2.05, 4.69) is 10.6 Å². The Kier molecular flexibility index (Phi) is 3.59. The van der Waals surface area contributed by atoms with Crippen molar-refractivity contribution in [1.29, 1.82) is 0 Å². The van der Waals surface area contributed by atoms with Gasteiger partial charge in [0.15, 0.2) is 0 Å². The van der Waals surface area contributed by atoms with Crippen LogP contribution < -0.4 is 10.6 Å². The van der Waals surface area contributed by atoms with E-state index in [1.807, 2.05) is 0 Å². The number of carbonyl (C=O) groups excluding carboxylic acids is 1. The second kappa shape index (κ2) is 4.94. The summed E-state index contributed by atoms with van der Waals surface area (Å²) in [4.78, 5) is 11.6. The minimum atomic E-state index is -0.0276. The van der Waals surface area contributed by atoms with Gasteiger partial charge in [-0.15, -0.1) is 0 Å². The minimum Gasteiger partial charge on any atom is -0.394 e. The Labute approximate surface area is 90.4 Å². The predicted molar refractivity (Wildman–Crippen MR) is 57.3 cm³/mol. The van der Waals surface area contributed by atoms with Crippen LogP contribution in [0.25, 0.3) is 0 Å². The van der Waals surface area contributed by atoms with Crippen molar-refractivity contribution in [2.75, 3.05) is 19.7 Å². The number of amides is 1. The molecule has 4 nitrogen and oxygen atoms in total. The van der Waals surface area contributed by atoms with Crippen LogP contribution in [0.5, 0.6) is 0 Å². The van der Waals surface area contributed by atoms with Crippen LogP contribution in [0.2, 0.25) is 0 Å². The molecule has 0 aromatic carbocycles. The van der Waals surface area contributed by atoms with E-state index in [1.54, 1.807) is 0 Å². The van der Waals surface area contributed by atoms with Gasteiger partial charge in [0, 0.05) is 5.92 Å². The summed E-state index contributed by atoms with van der Waals surface area (Å²) in [5.74, 6) is 0.826. The summed E-state index contributed by atoms with van der Waals surface area (Å²) in [5, 5.41) is 15.6. The first-order valence-electron chi connectivity index (χ1n) is 5.93. The second-order valence-corrected chi connectivity index (χ2v) is 4.66. The zero-order valence-electron chi connectivity index (χ0n) is 9.04. The van der Waals surface area contributed by atoms with Gasteiger partial charge in [0.2, 0.25) is 5.91 Å². The molecule has 3 N–H and O–H groups in total. The highest BCUT2D eigenvalue weighted by atomic mass is 16.3. The van der Waals surface area contributed by atoms with E-state index in [0.29, 0.717) is 5.92 Å². The van der Waals surface area contributed by atoms with Crippen LogP contribution in [0.4, 0.5) is 0 Å². The Balaban J connectivity index is 1.81. The number of aliphatic hydroxyl groups excluding tert-OH is 1. The summed E-state index contributed by atoms with van der Waals surface area (Å²) in [6.45, 7) is 2.07. The van der Waals surface area contributed by atoms with Crippen LogP contribution >= 0.6 is 0 Å². The van der Waals surface area contributed by atoms with Crippen molar-refractivity contribution in [3.8, 4) is 0 Å². The molecule has 0 spiro atoms. The first-order chi connectivity index (χ1) is 7.31. The third-order valence-corrected chi connectivity index (χ3v) is 3.43. The zero-order valence-corrected chi connectivity index (χ0v) is 9.04. The fraction of sp³-hybridized carbons (Fsp3) is 0.909. The van der Waals surface area contributed by atoms with Crippen LogP contribution in [0.1, 0.15) is 25.7 Å². The van der Waals surface area contributed by atoms with Gasteiger partial charge in [0.1, 0.15) is 0 Å². The maximum absolute atomic E-state index is 11.6. The molecule has 0 bridgehead atoms. The number of hydrogen-bond donors (Lipinski definition) is 3. The number of carbonyl (C=O) groups is 1. The Morgan fingerprint density at radius 1 is 1.33 bits per heavy atom. The molecule has 1 aliphatic carbocycles. The first kappa shape index (κ1) is 10.9. The average Bonchev–Trinajstić information content (AvgIpc) is 3.10. The number of aliphatic hydroxyl groups is 1. The molecule has 0 aromatic rings. The van der Waals surface area contributed by atoms with Crippen LogP contribution in [0.15, 0.2) is 0 Å². The van der Waals surface area contributed by atoms with Gasteiger partial charge in [-0.25, -0.2) is 0 Å². The maximum Gasteiger partial charge on any atom is 0.223 e. The van der Waals surface area contributed by atoms with E-state index >= 15 is 0 Å². The van der Waals surface area contributed by atoms with Gasteiger partial charge in [-0.1, -0.05) is 0 Å². The fourth-order valence-electron chi connectivity index (χ4n) is 2.21. The minimum absolute atomic E-state index is 0.0276. The zero-order chi connectivity index (χ0) is 10.7. The van der Waals surface area contributed by atoms with E-state index in [1.165, 1.54) is 0 Å². The van der Waals surface area contributed by atoms with Gasteiger partial charge in [0.25, 0.3) is 0 Å². The highest BCUT2D eigenvalue weighted by Gasteiger charge is 2.32. The van der Waals surface area contributed by atoms with E-state index in [0.717, 1.165) is 38.8 Å². The van der Waals surface area contributed by atoms with Crippen LogP contribution in [0, 0.1) is 11.8 Å². The third-order valence-electron chi connectivity index (χ3n) is 3.43. The van der Waals surface area contributed by atoms with Gasteiger partial charge >= 0.3 is 0 Å². The molecule has 2 aliphatic rings. The van der Waals surface area contributed by atoms with Crippen molar-refractivity contribution in [2.24, 2.45) is 11.8 Å². The fourth-order valence-corrected chi connectivity index (χ4v) is 2.21. The van der Waals surface area contributed by atoms with Gasteiger partial charge in [-0.05, 0) is 44.7 Å². The first-order valence-corrected chi connectivity index (χ1v) is 5.93. The average molecular weight is 212 g/mol. The summed E-state index contributed by atoms with van der Waals surface area (Å²) in [7, 11) is 0. The molecular weight excluding hydrogens is 192 g/mol. The highest BCUT2D eigenvalue weighted by molar-refractivity contribution is 5.81. The van der Waals surface area contributed by atoms with Gasteiger partial charge < -0.3 is 15.7 Å². The van der Waals surface area contributed by atoms with Gasteiger partial charge in [-0.2, -0.15) is 0 Å². The Bertz CT molecular complexity index is 223. The molecule has 0 radical (unpaired) electrons. The molecule has 1 amide bonds. The second-order valence-electron chi connectivity index (χ2n) is 4.66. The van der Waals surface area contributed by atoms with Crippen molar-refractivity contribution in [3.63, 3.8) is 0 Å². The molecular formula is C11H20N2O2. The molecule has 2 rings (SSSR count). The molecule has 0 aromatic heterocycles. The molecule has 1 saturated carbocycles. The quantitative estimate of drug-likeness (QED) is 0.608. The Morgan fingerprint density at radius 2 is 2.00 bits per heavy atom. The summed E-state index contributed by atoms with van der Waals surface area (Å²) in [6.07, 6.45) is 4.15. The number of hydrogen-bond acceptors (Lipinski definition) is 3. The lowest BCUT2D eigenvalue weighted by molar-refractivity contribution is -0.123. The molecule has 1 saturated heterocycles. The van der Waals surface area contributed by atoms with Crippen molar-refractivity contribution in [2.45, 2.75) is 31.7 Å². The lowest BCUT2D eigenvalue weighted by Gasteiger charge is -2.30. The molecule has 2 fully saturated rings. The van der Waals surface area contributed by atoms with Crippen LogP contribution in [-0.2, 0) is 4.79 Å². The Morgan fingerprint density at radius 3 is 2.53 bits per heavy atom. The topological polar surface area (TPSA) is 61.4 Å². The van der Waals surface area contributed by atoms with Crippen molar-refractivity contribution in [1.82, 2.24) is 10.6 Å². The predicted octanol–water partition coefficient (Wildman–Crippen LogP) is -0.127. The SMILES string of the molecule is O=C(NC(CO)C1CCNCC1)C1CC1. The molecule has 1 heterocycles. The van der Waals surface area contributed by atoms with Crippen LogP contribution in [0.3, 0.4) is 0 Å². The van der Waals surface area contributed by atoms with Gasteiger partial charge in [-0.3, -0.25) is 4.79 Å². The Hall–Kier alpha value is -0.610. The van der Waals surface area contributed by atoms with E-state index < -0.39 is 0 Å². The standard InChI is InChI=1S/C11H20N2O2/c14-7-10(8-3-5-12-6-4-8)13-11(15)9-1-2-9/h8-10,12,14H,1-7H2,(H,13,15). The summed E-state index contributed by atoms with van der Waals surface area (Å²) >= 11 is 0. The highest BCUT2D eigenvalue weighted by Crippen LogP contribution is 2.29. The summed E-state index contributed by atoms with van der Waals surface area (Å²) < 4.78 is 0. The van der Waals surface area contributed by atoms with E-state index in [-0.39, 0.29) is 24.5 Å². The lowest BCUT2D eigenvalue weighted by atomic mass is 9.90. The molecule has 1 atom stereocenters. The number of nitrogens with one attached hydrogen (secondary N) is 2. The molecule has 86 valence electrons. The molecule has 4 heteroatoms. The lowest BCUT2D eigenvalue weighted by Crippen LogP contribution is -2.46. The largest absolute Gasteiger partial charge is 0.394 e. The smallest absolute Gasteiger partial charge is 0.223 e. The van der Waals surface area contributed by atoms with E-state index in [4.69, 9.17) is 0 Å². The molecule has 1 aliphatic heterocycles. The summed E-state index contributed by atoms with van der Waals surface area (Å²) in [5.41, 5.74) is 0.